The molecule has 1 nitrogen and oxygen atoms in total. The maximum atomic E-state index is 13.4. The topological polar surface area (TPSA) is 9.23 Å². The van der Waals surface area contributed by atoms with Crippen LogP contribution in [0, 0.1) is 12.7 Å². The molecule has 2 aromatic carbocycles. The summed E-state index contributed by atoms with van der Waals surface area (Å²) in [6, 6.07) is 10.7. The Bertz CT molecular complexity index is 613. The number of rotatable bonds is 4. The number of alkyl halides is 1. The highest BCUT2D eigenvalue weighted by atomic mass is 35.5. The van der Waals surface area contributed by atoms with E-state index in [1.165, 1.54) is 6.07 Å². The van der Waals surface area contributed by atoms with Gasteiger partial charge in [-0.25, -0.2) is 4.39 Å². The van der Waals surface area contributed by atoms with Crippen molar-refractivity contribution >= 4 is 23.2 Å². The van der Waals surface area contributed by atoms with Crippen LogP contribution in [-0.4, -0.2) is 7.11 Å². The van der Waals surface area contributed by atoms with Crippen LogP contribution in [0.5, 0.6) is 5.75 Å². The van der Waals surface area contributed by atoms with E-state index >= 15 is 0 Å². The minimum Gasteiger partial charge on any atom is -0.496 e. The van der Waals surface area contributed by atoms with Gasteiger partial charge in [0.2, 0.25) is 0 Å². The van der Waals surface area contributed by atoms with Crippen LogP contribution in [-0.2, 0) is 6.42 Å². The maximum Gasteiger partial charge on any atom is 0.127 e. The number of para-hydroxylation sites is 1. The number of hydrogen-bond acceptors (Lipinski definition) is 1. The molecule has 20 heavy (non-hydrogen) atoms. The molecule has 0 saturated heterocycles. The quantitative estimate of drug-likeness (QED) is 0.694. The lowest BCUT2D eigenvalue weighted by atomic mass is 10.0. The first-order valence-corrected chi connectivity index (χ1v) is 7.06. The van der Waals surface area contributed by atoms with E-state index in [-0.39, 0.29) is 11.2 Å². The van der Waals surface area contributed by atoms with Gasteiger partial charge in [-0.3, -0.25) is 0 Å². The fourth-order valence-corrected chi connectivity index (χ4v) is 2.78. The molecule has 0 N–H and O–H groups in total. The smallest absolute Gasteiger partial charge is 0.127 e. The molecular formula is C16H15Cl2FO. The minimum absolute atomic E-state index is 0.320. The van der Waals surface area contributed by atoms with Gasteiger partial charge in [0.15, 0.2) is 0 Å². The van der Waals surface area contributed by atoms with Gasteiger partial charge in [-0.15, -0.1) is 11.6 Å². The summed E-state index contributed by atoms with van der Waals surface area (Å²) in [7, 11) is 1.62. The molecule has 0 aliphatic rings. The van der Waals surface area contributed by atoms with Gasteiger partial charge < -0.3 is 4.74 Å². The zero-order valence-electron chi connectivity index (χ0n) is 11.3. The molecule has 0 spiro atoms. The highest BCUT2D eigenvalue weighted by molar-refractivity contribution is 6.32. The monoisotopic (exact) mass is 312 g/mol. The third-order valence-electron chi connectivity index (χ3n) is 3.21. The van der Waals surface area contributed by atoms with Crippen molar-refractivity contribution in [3.8, 4) is 5.75 Å². The highest BCUT2D eigenvalue weighted by Gasteiger charge is 2.16. The Morgan fingerprint density at radius 1 is 1.25 bits per heavy atom. The van der Waals surface area contributed by atoms with E-state index in [9.17, 15) is 4.39 Å². The van der Waals surface area contributed by atoms with Crippen LogP contribution < -0.4 is 4.74 Å². The summed E-state index contributed by atoms with van der Waals surface area (Å²) < 4.78 is 18.7. The molecule has 4 heteroatoms. The maximum absolute atomic E-state index is 13.4. The number of benzene rings is 2. The molecule has 0 aliphatic carbocycles. The van der Waals surface area contributed by atoms with E-state index in [1.54, 1.807) is 20.1 Å². The molecule has 0 radical (unpaired) electrons. The van der Waals surface area contributed by atoms with Gasteiger partial charge in [0.05, 0.1) is 12.5 Å². The van der Waals surface area contributed by atoms with E-state index in [0.29, 0.717) is 17.0 Å². The Hall–Kier alpha value is -1.25. The number of aryl methyl sites for hydroxylation is 1. The molecule has 0 amide bonds. The van der Waals surface area contributed by atoms with Gasteiger partial charge in [-0.05, 0) is 42.2 Å². The molecule has 2 rings (SSSR count). The zero-order valence-corrected chi connectivity index (χ0v) is 12.8. The van der Waals surface area contributed by atoms with Crippen LogP contribution in [0.4, 0.5) is 4.39 Å². The average molecular weight is 313 g/mol. The Balaban J connectivity index is 2.28. The van der Waals surface area contributed by atoms with Gasteiger partial charge >= 0.3 is 0 Å². The first-order valence-electron chi connectivity index (χ1n) is 6.24. The lowest BCUT2D eigenvalue weighted by molar-refractivity contribution is 0.409. The minimum atomic E-state index is -0.335. The fourth-order valence-electron chi connectivity index (χ4n) is 2.09. The summed E-state index contributed by atoms with van der Waals surface area (Å²) in [5.74, 6) is 0.466. The first kappa shape index (κ1) is 15.1. The van der Waals surface area contributed by atoms with Crippen LogP contribution >= 0.6 is 23.2 Å². The van der Waals surface area contributed by atoms with Crippen LogP contribution in [0.2, 0.25) is 5.02 Å². The van der Waals surface area contributed by atoms with Crippen LogP contribution in [0.3, 0.4) is 0 Å². The molecule has 0 bridgehead atoms. The second-order valence-electron chi connectivity index (χ2n) is 4.61. The summed E-state index contributed by atoms with van der Waals surface area (Å²) in [6.07, 6.45) is 0.566. The second kappa shape index (κ2) is 6.47. The van der Waals surface area contributed by atoms with Gasteiger partial charge in [-0.1, -0.05) is 35.9 Å². The predicted molar refractivity (Wildman–Crippen MR) is 81.4 cm³/mol. The van der Waals surface area contributed by atoms with Crippen LogP contribution in [0.1, 0.15) is 22.1 Å². The first-order chi connectivity index (χ1) is 9.52. The van der Waals surface area contributed by atoms with E-state index in [2.05, 4.69) is 0 Å². The van der Waals surface area contributed by atoms with Crippen molar-refractivity contribution in [3.05, 3.63) is 63.9 Å². The number of hydrogen-bond donors (Lipinski definition) is 0. The van der Waals surface area contributed by atoms with Crippen molar-refractivity contribution in [2.75, 3.05) is 7.11 Å². The third-order valence-corrected chi connectivity index (χ3v) is 3.92. The summed E-state index contributed by atoms with van der Waals surface area (Å²) in [4.78, 5) is 0. The molecule has 1 unspecified atom stereocenters. The van der Waals surface area contributed by atoms with E-state index in [0.717, 1.165) is 16.9 Å². The molecule has 0 saturated carbocycles. The van der Waals surface area contributed by atoms with Crippen molar-refractivity contribution < 1.29 is 9.13 Å². The molecule has 0 heterocycles. The van der Waals surface area contributed by atoms with E-state index in [4.69, 9.17) is 27.9 Å². The molecule has 1 atom stereocenters. The molecule has 2 aromatic rings. The summed E-state index contributed by atoms with van der Waals surface area (Å²) in [5.41, 5.74) is 2.27. The Labute approximate surface area is 128 Å². The summed E-state index contributed by atoms with van der Waals surface area (Å²) in [6.45, 7) is 1.70. The van der Waals surface area contributed by atoms with E-state index < -0.39 is 0 Å². The standard InChI is InChI=1S/C16H15Cl2FO/c1-10-7-12(14(18)9-15(10)19)13(17)8-11-5-3-4-6-16(11)20-2/h3-7,9,13H,8H2,1-2H3. The number of methoxy groups -OCH3 is 1. The van der Waals surface area contributed by atoms with Crippen molar-refractivity contribution in [2.24, 2.45) is 0 Å². The Morgan fingerprint density at radius 3 is 2.65 bits per heavy atom. The largest absolute Gasteiger partial charge is 0.496 e. The molecular weight excluding hydrogens is 298 g/mol. The second-order valence-corrected chi connectivity index (χ2v) is 5.54. The van der Waals surface area contributed by atoms with Gasteiger partial charge in [0.1, 0.15) is 11.6 Å². The molecule has 0 aliphatic heterocycles. The Kier molecular flexibility index (Phi) is 4.90. The SMILES string of the molecule is COc1ccccc1CC(Cl)c1cc(C)c(F)cc1Cl. The number of ether oxygens (including phenoxy) is 1. The third kappa shape index (κ3) is 3.25. The van der Waals surface area contributed by atoms with Crippen molar-refractivity contribution in [1.29, 1.82) is 0 Å². The lowest BCUT2D eigenvalue weighted by Crippen LogP contribution is -2.00. The normalized spacial score (nSPS) is 12.2. The predicted octanol–water partition coefficient (Wildman–Crippen LogP) is 5.32. The number of halogens is 3. The van der Waals surface area contributed by atoms with Crippen molar-refractivity contribution in [3.63, 3.8) is 0 Å². The molecule has 0 aromatic heterocycles. The summed E-state index contributed by atoms with van der Waals surface area (Å²) in [5, 5.41) is 0.0149. The molecule has 106 valence electrons. The van der Waals surface area contributed by atoms with Crippen LogP contribution in [0.15, 0.2) is 36.4 Å². The van der Waals surface area contributed by atoms with Gasteiger partial charge in [0, 0.05) is 5.02 Å². The van der Waals surface area contributed by atoms with Crippen molar-refractivity contribution in [2.45, 2.75) is 18.7 Å². The van der Waals surface area contributed by atoms with Crippen molar-refractivity contribution in [1.82, 2.24) is 0 Å². The van der Waals surface area contributed by atoms with Gasteiger partial charge in [-0.2, -0.15) is 0 Å². The summed E-state index contributed by atoms with van der Waals surface area (Å²) >= 11 is 12.5. The van der Waals surface area contributed by atoms with E-state index in [1.807, 2.05) is 24.3 Å². The zero-order chi connectivity index (χ0) is 14.7. The fraction of sp³-hybridized carbons (Fsp3) is 0.250. The molecule has 0 fully saturated rings. The van der Waals surface area contributed by atoms with Gasteiger partial charge in [0.25, 0.3) is 0 Å². The Morgan fingerprint density at radius 2 is 1.95 bits per heavy atom. The average Bonchev–Trinajstić information content (AvgIpc) is 2.43. The lowest BCUT2D eigenvalue weighted by Gasteiger charge is -2.15. The van der Waals surface area contributed by atoms with Crippen LogP contribution in [0.25, 0.3) is 0 Å². The highest BCUT2D eigenvalue weighted by Crippen LogP contribution is 2.34.